The Bertz CT molecular complexity index is 323. The second-order valence-electron chi connectivity index (χ2n) is 5.18. The predicted octanol–water partition coefficient (Wildman–Crippen LogP) is -0.363. The third-order valence-corrected chi connectivity index (χ3v) is 2.62. The van der Waals surface area contributed by atoms with Crippen LogP contribution in [0.5, 0.6) is 0 Å². The number of primary amides is 1. The van der Waals surface area contributed by atoms with Crippen molar-refractivity contribution < 1.29 is 14.3 Å². The number of carbonyl (C=O) groups is 2. The van der Waals surface area contributed by atoms with E-state index in [4.69, 9.17) is 16.2 Å². The molecular formula is C11H22ClN3O3. The SMILES string of the molecule is CC1CN(C(=O)C(N)CC(N)=O)CC(C)(C)O1.Cl. The average Bonchev–Trinajstić information content (AvgIpc) is 2.12. The summed E-state index contributed by atoms with van der Waals surface area (Å²) in [6.45, 7) is 6.71. The molecule has 0 radical (unpaired) electrons. The highest BCUT2D eigenvalue weighted by atomic mass is 35.5. The van der Waals surface area contributed by atoms with E-state index >= 15 is 0 Å². The molecule has 1 rings (SSSR count). The Morgan fingerprint density at radius 1 is 1.50 bits per heavy atom. The van der Waals surface area contributed by atoms with Gasteiger partial charge in [-0.2, -0.15) is 0 Å². The summed E-state index contributed by atoms with van der Waals surface area (Å²) < 4.78 is 5.69. The molecule has 2 unspecified atom stereocenters. The number of halogens is 1. The van der Waals surface area contributed by atoms with Gasteiger partial charge in [-0.05, 0) is 20.8 Å². The monoisotopic (exact) mass is 279 g/mol. The number of hydrogen-bond acceptors (Lipinski definition) is 4. The van der Waals surface area contributed by atoms with E-state index in [1.165, 1.54) is 0 Å². The quantitative estimate of drug-likeness (QED) is 0.737. The van der Waals surface area contributed by atoms with Gasteiger partial charge >= 0.3 is 0 Å². The first kappa shape index (κ1) is 17.2. The molecule has 0 aromatic heterocycles. The summed E-state index contributed by atoms with van der Waals surface area (Å²) >= 11 is 0. The first-order chi connectivity index (χ1) is 7.71. The van der Waals surface area contributed by atoms with E-state index in [-0.39, 0.29) is 36.4 Å². The molecular weight excluding hydrogens is 258 g/mol. The van der Waals surface area contributed by atoms with Gasteiger partial charge in [0.2, 0.25) is 11.8 Å². The van der Waals surface area contributed by atoms with E-state index in [9.17, 15) is 9.59 Å². The number of nitrogens with zero attached hydrogens (tertiary/aromatic N) is 1. The van der Waals surface area contributed by atoms with E-state index in [0.29, 0.717) is 13.1 Å². The minimum absolute atomic E-state index is 0. The molecule has 4 N–H and O–H groups in total. The van der Waals surface area contributed by atoms with Crippen molar-refractivity contribution in [1.82, 2.24) is 4.90 Å². The lowest BCUT2D eigenvalue weighted by atomic mass is 10.0. The molecule has 0 bridgehead atoms. The molecule has 18 heavy (non-hydrogen) atoms. The second kappa shape index (κ2) is 6.36. The topological polar surface area (TPSA) is 98.6 Å². The van der Waals surface area contributed by atoms with Crippen LogP contribution in [-0.4, -0.2) is 47.6 Å². The van der Waals surface area contributed by atoms with Crippen LogP contribution in [0, 0.1) is 0 Å². The average molecular weight is 280 g/mol. The zero-order valence-corrected chi connectivity index (χ0v) is 11.8. The van der Waals surface area contributed by atoms with E-state index in [0.717, 1.165) is 0 Å². The summed E-state index contributed by atoms with van der Waals surface area (Å²) in [6.07, 6.45) is -0.158. The molecule has 1 heterocycles. The molecule has 2 atom stereocenters. The number of rotatable bonds is 3. The van der Waals surface area contributed by atoms with E-state index < -0.39 is 11.9 Å². The fraction of sp³-hybridized carbons (Fsp3) is 0.818. The molecule has 0 aromatic rings. The lowest BCUT2D eigenvalue weighted by Crippen LogP contribution is -2.57. The maximum absolute atomic E-state index is 12.0. The van der Waals surface area contributed by atoms with Crippen LogP contribution in [0.1, 0.15) is 27.2 Å². The van der Waals surface area contributed by atoms with Crippen molar-refractivity contribution in [3.63, 3.8) is 0 Å². The largest absolute Gasteiger partial charge is 0.370 e. The van der Waals surface area contributed by atoms with Gasteiger partial charge in [-0.25, -0.2) is 0 Å². The van der Waals surface area contributed by atoms with Crippen LogP contribution in [0.25, 0.3) is 0 Å². The molecule has 0 saturated carbocycles. The summed E-state index contributed by atoms with van der Waals surface area (Å²) in [5, 5.41) is 0. The van der Waals surface area contributed by atoms with Gasteiger partial charge in [0.15, 0.2) is 0 Å². The molecule has 6 nitrogen and oxygen atoms in total. The van der Waals surface area contributed by atoms with Crippen LogP contribution < -0.4 is 11.5 Å². The molecule has 0 aromatic carbocycles. The Kier molecular flexibility index (Phi) is 6.06. The summed E-state index contributed by atoms with van der Waals surface area (Å²) in [5.41, 5.74) is 10.3. The van der Waals surface area contributed by atoms with E-state index in [1.54, 1.807) is 4.90 Å². The lowest BCUT2D eigenvalue weighted by molar-refractivity contribution is -0.159. The summed E-state index contributed by atoms with van der Waals surface area (Å²) in [4.78, 5) is 24.4. The second-order valence-corrected chi connectivity index (χ2v) is 5.18. The third kappa shape index (κ3) is 4.80. The van der Waals surface area contributed by atoms with Crippen molar-refractivity contribution >= 4 is 24.2 Å². The van der Waals surface area contributed by atoms with Crippen LogP contribution in [0.4, 0.5) is 0 Å². The van der Waals surface area contributed by atoms with Gasteiger partial charge in [-0.1, -0.05) is 0 Å². The van der Waals surface area contributed by atoms with Crippen molar-refractivity contribution in [3.05, 3.63) is 0 Å². The van der Waals surface area contributed by atoms with Crippen molar-refractivity contribution in [3.8, 4) is 0 Å². The summed E-state index contributed by atoms with van der Waals surface area (Å²) in [6, 6.07) is -0.853. The van der Waals surface area contributed by atoms with Gasteiger partial charge in [-0.3, -0.25) is 9.59 Å². The molecule has 1 fully saturated rings. The van der Waals surface area contributed by atoms with Crippen LogP contribution in [0.2, 0.25) is 0 Å². The first-order valence-electron chi connectivity index (χ1n) is 5.72. The molecule has 2 amide bonds. The fourth-order valence-corrected chi connectivity index (χ4v) is 2.16. The van der Waals surface area contributed by atoms with Crippen LogP contribution in [0.3, 0.4) is 0 Å². The number of carbonyl (C=O) groups excluding carboxylic acids is 2. The highest BCUT2D eigenvalue weighted by molar-refractivity contribution is 5.87. The minimum Gasteiger partial charge on any atom is -0.370 e. The molecule has 106 valence electrons. The van der Waals surface area contributed by atoms with E-state index in [2.05, 4.69) is 0 Å². The summed E-state index contributed by atoms with van der Waals surface area (Å²) in [7, 11) is 0. The highest BCUT2D eigenvalue weighted by Crippen LogP contribution is 2.21. The van der Waals surface area contributed by atoms with Gasteiger partial charge in [0.25, 0.3) is 0 Å². The number of amides is 2. The van der Waals surface area contributed by atoms with Gasteiger partial charge in [-0.15, -0.1) is 12.4 Å². The molecule has 7 heteroatoms. The van der Waals surface area contributed by atoms with Gasteiger partial charge in [0, 0.05) is 13.1 Å². The highest BCUT2D eigenvalue weighted by Gasteiger charge is 2.35. The standard InChI is InChI=1S/C11H21N3O3.ClH/c1-7-5-14(6-11(2,3)17-7)10(16)8(12)4-9(13)15;/h7-8H,4-6,12H2,1-3H3,(H2,13,15);1H. The maximum atomic E-state index is 12.0. The number of ether oxygens (including phenoxy) is 1. The maximum Gasteiger partial charge on any atom is 0.240 e. The molecule has 0 spiro atoms. The lowest BCUT2D eigenvalue weighted by Gasteiger charge is -2.42. The van der Waals surface area contributed by atoms with Crippen molar-refractivity contribution in [2.45, 2.75) is 44.9 Å². The molecule has 1 aliphatic heterocycles. The normalized spacial score (nSPS) is 24.0. The van der Waals surface area contributed by atoms with Crippen molar-refractivity contribution in [2.24, 2.45) is 11.5 Å². The minimum atomic E-state index is -0.853. The Balaban J connectivity index is 0.00000289. The Hall–Kier alpha value is -0.850. The molecule has 1 saturated heterocycles. The molecule has 0 aliphatic carbocycles. The fourth-order valence-electron chi connectivity index (χ4n) is 2.16. The Morgan fingerprint density at radius 3 is 2.50 bits per heavy atom. The zero-order chi connectivity index (χ0) is 13.2. The Morgan fingerprint density at radius 2 is 2.06 bits per heavy atom. The number of nitrogens with two attached hydrogens (primary N) is 2. The number of hydrogen-bond donors (Lipinski definition) is 2. The summed E-state index contributed by atoms with van der Waals surface area (Å²) in [5.74, 6) is -0.807. The van der Waals surface area contributed by atoms with Crippen molar-refractivity contribution in [1.29, 1.82) is 0 Å². The van der Waals surface area contributed by atoms with Crippen LogP contribution in [-0.2, 0) is 14.3 Å². The van der Waals surface area contributed by atoms with Crippen LogP contribution in [0.15, 0.2) is 0 Å². The van der Waals surface area contributed by atoms with E-state index in [1.807, 2.05) is 20.8 Å². The van der Waals surface area contributed by atoms with Crippen LogP contribution >= 0.6 is 12.4 Å². The third-order valence-electron chi connectivity index (χ3n) is 2.62. The first-order valence-corrected chi connectivity index (χ1v) is 5.72. The predicted molar refractivity (Wildman–Crippen MR) is 70.2 cm³/mol. The zero-order valence-electron chi connectivity index (χ0n) is 11.0. The smallest absolute Gasteiger partial charge is 0.240 e. The Labute approximate surface area is 113 Å². The number of morpholine rings is 1. The van der Waals surface area contributed by atoms with Gasteiger partial charge in [0.1, 0.15) is 0 Å². The van der Waals surface area contributed by atoms with Crippen molar-refractivity contribution in [2.75, 3.05) is 13.1 Å². The van der Waals surface area contributed by atoms with Gasteiger partial charge < -0.3 is 21.1 Å². The molecule has 1 aliphatic rings. The van der Waals surface area contributed by atoms with Gasteiger partial charge in [0.05, 0.1) is 24.2 Å².